The van der Waals surface area contributed by atoms with Gasteiger partial charge in [0.1, 0.15) is 17.4 Å². The molecule has 0 aliphatic carbocycles. The van der Waals surface area contributed by atoms with Crippen molar-refractivity contribution in [3.63, 3.8) is 0 Å². The van der Waals surface area contributed by atoms with Crippen LogP contribution in [-0.4, -0.2) is 22.5 Å². The van der Waals surface area contributed by atoms with E-state index in [2.05, 4.69) is 20.6 Å². The third kappa shape index (κ3) is 4.29. The van der Waals surface area contributed by atoms with Gasteiger partial charge in [-0.25, -0.2) is 15.4 Å². The molecule has 0 bridgehead atoms. The van der Waals surface area contributed by atoms with Crippen LogP contribution in [0.5, 0.6) is 5.75 Å². The zero-order valence-electron chi connectivity index (χ0n) is 14.1. The van der Waals surface area contributed by atoms with Crippen LogP contribution < -0.4 is 15.5 Å². The van der Waals surface area contributed by atoms with Crippen LogP contribution >= 0.6 is 0 Å². The van der Waals surface area contributed by atoms with E-state index in [9.17, 15) is 9.70 Å². The van der Waals surface area contributed by atoms with E-state index in [1.165, 1.54) is 0 Å². The number of benzene rings is 2. The number of ether oxygens (including phenoxy) is 1. The van der Waals surface area contributed by atoms with Crippen LogP contribution in [0.25, 0.3) is 10.9 Å². The summed E-state index contributed by atoms with van der Waals surface area (Å²) in [6.07, 6.45) is 0.0535. The van der Waals surface area contributed by atoms with Crippen molar-refractivity contribution in [3.8, 4) is 5.75 Å². The summed E-state index contributed by atoms with van der Waals surface area (Å²) in [4.78, 5) is 29.9. The first-order valence-corrected chi connectivity index (χ1v) is 8.00. The molecule has 0 aliphatic rings. The molecular weight excluding hydrogens is 334 g/mol. The van der Waals surface area contributed by atoms with Crippen LogP contribution in [0.3, 0.4) is 0 Å². The van der Waals surface area contributed by atoms with E-state index in [1.54, 1.807) is 12.1 Å². The Kier molecular flexibility index (Phi) is 5.33. The van der Waals surface area contributed by atoms with E-state index < -0.39 is 5.91 Å². The largest absolute Gasteiger partial charge is 0.493 e. The van der Waals surface area contributed by atoms with E-state index in [0.717, 1.165) is 22.4 Å². The molecule has 0 spiro atoms. The Bertz CT molecular complexity index is 928. The van der Waals surface area contributed by atoms with Gasteiger partial charge in [0.05, 0.1) is 23.8 Å². The number of aryl methyl sites for hydroxylation is 1. The highest BCUT2D eigenvalue weighted by atomic mass is 16.5. The highest BCUT2D eigenvalue weighted by Gasteiger charge is 2.06. The number of para-hydroxylation sites is 1. The zero-order chi connectivity index (χ0) is 18.4. The molecule has 0 fully saturated rings. The van der Waals surface area contributed by atoms with Crippen LogP contribution in [0.1, 0.15) is 12.2 Å². The highest BCUT2D eigenvalue weighted by molar-refractivity contribution is 5.90. The van der Waals surface area contributed by atoms with Gasteiger partial charge in [-0.1, -0.05) is 12.1 Å². The second kappa shape index (κ2) is 8.02. The molecule has 0 saturated heterocycles. The molecule has 0 radical (unpaired) electrons. The number of rotatable bonds is 7. The standard InChI is InChI=1S/C18H17N5O3/c1-12-19-16-5-3-2-4-15(16)18(20-12)21-13-6-8-14(9-7-13)26-11-10-17(24)22-23-25/h2-9H,10-11H2,1H3,(H,19,20,21)(H,22,24,25). The second-order valence-corrected chi connectivity index (χ2v) is 5.51. The van der Waals surface area contributed by atoms with Gasteiger partial charge in [0, 0.05) is 11.1 Å². The van der Waals surface area contributed by atoms with E-state index in [1.807, 2.05) is 48.7 Å². The predicted octanol–water partition coefficient (Wildman–Crippen LogP) is 3.25. The Labute approximate surface area is 149 Å². The lowest BCUT2D eigenvalue weighted by Gasteiger charge is -2.11. The zero-order valence-corrected chi connectivity index (χ0v) is 14.1. The van der Waals surface area contributed by atoms with Gasteiger partial charge in [0.2, 0.25) is 5.91 Å². The van der Waals surface area contributed by atoms with Crippen LogP contribution in [0, 0.1) is 11.8 Å². The summed E-state index contributed by atoms with van der Waals surface area (Å²) in [5.74, 6) is 1.56. The molecule has 8 heteroatoms. The van der Waals surface area contributed by atoms with Gasteiger partial charge in [-0.15, -0.1) is 4.91 Å². The van der Waals surface area contributed by atoms with E-state index in [4.69, 9.17) is 4.74 Å². The Hall–Kier alpha value is -3.55. The molecule has 2 N–H and O–H groups in total. The molecule has 132 valence electrons. The van der Waals surface area contributed by atoms with Crippen LogP contribution in [-0.2, 0) is 4.79 Å². The van der Waals surface area contributed by atoms with Gasteiger partial charge in [-0.2, -0.15) is 0 Å². The number of anilines is 2. The monoisotopic (exact) mass is 351 g/mol. The summed E-state index contributed by atoms with van der Waals surface area (Å²) in [5, 5.41) is 6.54. The Morgan fingerprint density at radius 2 is 1.88 bits per heavy atom. The maximum absolute atomic E-state index is 11.1. The molecule has 0 saturated carbocycles. The van der Waals surface area contributed by atoms with Gasteiger partial charge in [-0.3, -0.25) is 4.79 Å². The first kappa shape index (κ1) is 17.3. The smallest absolute Gasteiger partial charge is 0.246 e. The topological polar surface area (TPSA) is 106 Å². The van der Waals surface area contributed by atoms with Gasteiger partial charge in [-0.05, 0) is 43.3 Å². The lowest BCUT2D eigenvalue weighted by molar-refractivity contribution is -0.121. The number of carbonyl (C=O) groups is 1. The van der Waals surface area contributed by atoms with Crippen molar-refractivity contribution < 1.29 is 9.53 Å². The van der Waals surface area contributed by atoms with Crippen molar-refractivity contribution >= 4 is 28.3 Å². The Morgan fingerprint density at radius 3 is 2.65 bits per heavy atom. The number of hydrogen-bond acceptors (Lipinski definition) is 7. The first-order chi connectivity index (χ1) is 12.7. The third-order valence-corrected chi connectivity index (χ3v) is 3.60. The molecular formula is C18H17N5O3. The molecule has 26 heavy (non-hydrogen) atoms. The van der Waals surface area contributed by atoms with E-state index >= 15 is 0 Å². The molecule has 8 nitrogen and oxygen atoms in total. The van der Waals surface area contributed by atoms with Crippen LogP contribution in [0.4, 0.5) is 11.5 Å². The van der Waals surface area contributed by atoms with Gasteiger partial charge in [0.15, 0.2) is 0 Å². The minimum atomic E-state index is -0.482. The number of nitrogens with one attached hydrogen (secondary N) is 2. The molecule has 3 aromatic rings. The number of carbonyl (C=O) groups excluding carboxylic acids is 1. The van der Waals surface area contributed by atoms with Crippen molar-refractivity contribution in [1.82, 2.24) is 15.4 Å². The number of hydrogen-bond donors (Lipinski definition) is 2. The molecule has 0 unspecified atom stereocenters. The van der Waals surface area contributed by atoms with E-state index in [0.29, 0.717) is 11.6 Å². The number of fused-ring (bicyclic) bond motifs is 1. The lowest BCUT2D eigenvalue weighted by atomic mass is 10.2. The maximum atomic E-state index is 11.1. The summed E-state index contributed by atoms with van der Waals surface area (Å²) < 4.78 is 5.46. The van der Waals surface area contributed by atoms with Crippen LogP contribution in [0.15, 0.2) is 53.8 Å². The van der Waals surface area contributed by atoms with Crippen molar-refractivity contribution in [2.75, 3.05) is 11.9 Å². The molecule has 3 rings (SSSR count). The fourth-order valence-electron chi connectivity index (χ4n) is 2.43. The number of nitroso groups, excluding NO2 is 1. The highest BCUT2D eigenvalue weighted by Crippen LogP contribution is 2.25. The van der Waals surface area contributed by atoms with Crippen molar-refractivity contribution in [2.45, 2.75) is 13.3 Å². The summed E-state index contributed by atoms with van der Waals surface area (Å²) in [6, 6.07) is 15.1. The molecule has 1 amide bonds. The summed E-state index contributed by atoms with van der Waals surface area (Å²) >= 11 is 0. The van der Waals surface area contributed by atoms with Crippen LogP contribution in [0.2, 0.25) is 0 Å². The Balaban J connectivity index is 1.66. The minimum absolute atomic E-state index is 0.0535. The Morgan fingerprint density at radius 1 is 1.12 bits per heavy atom. The fourth-order valence-corrected chi connectivity index (χ4v) is 2.43. The summed E-state index contributed by atoms with van der Waals surface area (Å²) in [6.45, 7) is 2.01. The lowest BCUT2D eigenvalue weighted by Crippen LogP contribution is -2.18. The summed E-state index contributed by atoms with van der Waals surface area (Å²) in [7, 11) is 0. The normalized spacial score (nSPS) is 10.3. The molecule has 1 heterocycles. The SMILES string of the molecule is Cc1nc(Nc2ccc(OCCC(=O)NN=O)cc2)c2ccccc2n1. The van der Waals surface area contributed by atoms with Crippen molar-refractivity contribution in [2.24, 2.45) is 5.29 Å². The quantitative estimate of drug-likeness (QED) is 0.500. The predicted molar refractivity (Wildman–Crippen MR) is 98.0 cm³/mol. The maximum Gasteiger partial charge on any atom is 0.246 e. The molecule has 0 atom stereocenters. The average molecular weight is 351 g/mol. The van der Waals surface area contributed by atoms with Gasteiger partial charge in [0.25, 0.3) is 0 Å². The molecule has 2 aromatic carbocycles. The van der Waals surface area contributed by atoms with Crippen molar-refractivity contribution in [1.29, 1.82) is 0 Å². The minimum Gasteiger partial charge on any atom is -0.493 e. The first-order valence-electron chi connectivity index (χ1n) is 8.00. The molecule has 1 aromatic heterocycles. The van der Waals surface area contributed by atoms with Crippen molar-refractivity contribution in [3.05, 3.63) is 59.3 Å². The number of aromatic nitrogens is 2. The fraction of sp³-hybridized carbons (Fsp3) is 0.167. The van der Waals surface area contributed by atoms with Gasteiger partial charge >= 0.3 is 0 Å². The second-order valence-electron chi connectivity index (χ2n) is 5.51. The van der Waals surface area contributed by atoms with E-state index in [-0.39, 0.29) is 13.0 Å². The molecule has 0 aliphatic heterocycles. The summed E-state index contributed by atoms with van der Waals surface area (Å²) in [5.41, 5.74) is 3.55. The van der Waals surface area contributed by atoms with Gasteiger partial charge < -0.3 is 10.1 Å². The number of amides is 1. The number of nitrogens with zero attached hydrogens (tertiary/aromatic N) is 3. The third-order valence-electron chi connectivity index (χ3n) is 3.60. The average Bonchev–Trinajstić information content (AvgIpc) is 2.63.